The molecule has 0 radical (unpaired) electrons. The number of aryl methyl sites for hydroxylation is 1. The van der Waals surface area contributed by atoms with E-state index in [1.54, 1.807) is 23.1 Å². The van der Waals surface area contributed by atoms with Gasteiger partial charge in [-0.2, -0.15) is 0 Å². The average molecular weight is 449 g/mol. The first-order chi connectivity index (χ1) is 14.3. The van der Waals surface area contributed by atoms with Gasteiger partial charge in [0.05, 0.1) is 6.42 Å². The van der Waals surface area contributed by atoms with Crippen molar-refractivity contribution in [2.75, 3.05) is 0 Å². The van der Waals surface area contributed by atoms with Crippen molar-refractivity contribution in [3.8, 4) is 0 Å². The fraction of sp³-hybridized carbons (Fsp3) is 0.417. The van der Waals surface area contributed by atoms with E-state index in [2.05, 4.69) is 5.32 Å². The molecule has 0 aliphatic carbocycles. The van der Waals surface area contributed by atoms with Crippen molar-refractivity contribution in [1.29, 1.82) is 0 Å². The van der Waals surface area contributed by atoms with Crippen molar-refractivity contribution in [2.24, 2.45) is 0 Å². The van der Waals surface area contributed by atoms with E-state index in [1.807, 2.05) is 52.0 Å². The summed E-state index contributed by atoms with van der Waals surface area (Å²) >= 11 is 12.6. The molecule has 0 unspecified atom stereocenters. The van der Waals surface area contributed by atoms with Crippen molar-refractivity contribution in [2.45, 2.75) is 65.6 Å². The normalized spacial score (nSPS) is 12.9. The summed E-state index contributed by atoms with van der Waals surface area (Å²) in [6.07, 6.45) is 1.37. The summed E-state index contributed by atoms with van der Waals surface area (Å²) in [5.41, 5.74) is 2.69. The van der Waals surface area contributed by atoms with E-state index >= 15 is 0 Å². The monoisotopic (exact) mass is 448 g/mol. The molecule has 0 aliphatic heterocycles. The minimum Gasteiger partial charge on any atom is -0.352 e. The molecule has 2 aromatic rings. The zero-order chi connectivity index (χ0) is 22.3. The highest BCUT2D eigenvalue weighted by atomic mass is 35.5. The minimum absolute atomic E-state index is 0.0392. The van der Waals surface area contributed by atoms with Crippen LogP contribution in [-0.2, 0) is 22.6 Å². The molecule has 0 aliphatic rings. The van der Waals surface area contributed by atoms with Crippen molar-refractivity contribution in [3.63, 3.8) is 0 Å². The van der Waals surface area contributed by atoms with Gasteiger partial charge in [0.25, 0.3) is 0 Å². The molecule has 0 saturated carbocycles. The van der Waals surface area contributed by atoms with Crippen molar-refractivity contribution < 1.29 is 9.59 Å². The van der Waals surface area contributed by atoms with Gasteiger partial charge in [-0.3, -0.25) is 9.59 Å². The Morgan fingerprint density at radius 1 is 1.00 bits per heavy atom. The highest BCUT2D eigenvalue weighted by Gasteiger charge is 2.29. The second-order valence-corrected chi connectivity index (χ2v) is 8.44. The van der Waals surface area contributed by atoms with Crippen LogP contribution in [0, 0.1) is 6.92 Å². The number of benzene rings is 2. The lowest BCUT2D eigenvalue weighted by Gasteiger charge is -2.31. The first kappa shape index (κ1) is 24.2. The summed E-state index contributed by atoms with van der Waals surface area (Å²) in [7, 11) is 0. The Labute approximate surface area is 189 Å². The Bertz CT molecular complexity index is 848. The second-order valence-electron chi connectivity index (χ2n) is 7.63. The molecule has 162 valence electrons. The molecule has 2 aromatic carbocycles. The smallest absolute Gasteiger partial charge is 0.243 e. The SMILES string of the molecule is CC[C@@H](C)NC(=O)[C@@H](CC)N(Cc1ccc(C)cc1)C(=O)Cc1c(Cl)cccc1Cl. The molecule has 30 heavy (non-hydrogen) atoms. The number of hydrogen-bond acceptors (Lipinski definition) is 2. The number of halogens is 2. The third kappa shape index (κ3) is 6.48. The number of nitrogens with zero attached hydrogens (tertiary/aromatic N) is 1. The predicted octanol–water partition coefficient (Wildman–Crippen LogP) is 5.57. The molecule has 0 spiro atoms. The second kappa shape index (κ2) is 11.4. The molecule has 0 aromatic heterocycles. The van der Waals surface area contributed by atoms with Gasteiger partial charge in [0.2, 0.25) is 11.8 Å². The van der Waals surface area contributed by atoms with Crippen LogP contribution in [0.4, 0.5) is 0 Å². The van der Waals surface area contributed by atoms with Crippen molar-refractivity contribution in [1.82, 2.24) is 10.2 Å². The van der Waals surface area contributed by atoms with Crippen LogP contribution in [0.5, 0.6) is 0 Å². The van der Waals surface area contributed by atoms with E-state index in [1.165, 1.54) is 0 Å². The molecule has 6 heteroatoms. The molecule has 0 bridgehead atoms. The Morgan fingerprint density at radius 2 is 1.60 bits per heavy atom. The Kier molecular flexibility index (Phi) is 9.19. The van der Waals surface area contributed by atoms with Gasteiger partial charge in [-0.25, -0.2) is 0 Å². The first-order valence-electron chi connectivity index (χ1n) is 10.3. The van der Waals surface area contributed by atoms with Gasteiger partial charge in [0.15, 0.2) is 0 Å². The highest BCUT2D eigenvalue weighted by molar-refractivity contribution is 6.36. The van der Waals surface area contributed by atoms with Gasteiger partial charge < -0.3 is 10.2 Å². The third-order valence-electron chi connectivity index (χ3n) is 5.25. The van der Waals surface area contributed by atoms with Crippen LogP contribution in [0.3, 0.4) is 0 Å². The maximum absolute atomic E-state index is 13.4. The number of amides is 2. The Balaban J connectivity index is 2.34. The molecule has 1 N–H and O–H groups in total. The number of carbonyl (C=O) groups is 2. The largest absolute Gasteiger partial charge is 0.352 e. The molecular weight excluding hydrogens is 419 g/mol. The van der Waals surface area contributed by atoms with Crippen LogP contribution in [0.1, 0.15) is 50.3 Å². The predicted molar refractivity (Wildman–Crippen MR) is 124 cm³/mol. The maximum Gasteiger partial charge on any atom is 0.243 e. The van der Waals surface area contributed by atoms with Crippen LogP contribution in [0.15, 0.2) is 42.5 Å². The highest BCUT2D eigenvalue weighted by Crippen LogP contribution is 2.26. The van der Waals surface area contributed by atoms with E-state index in [-0.39, 0.29) is 24.3 Å². The lowest BCUT2D eigenvalue weighted by atomic mass is 10.1. The van der Waals surface area contributed by atoms with E-state index in [9.17, 15) is 9.59 Å². The molecule has 0 heterocycles. The van der Waals surface area contributed by atoms with Gasteiger partial charge in [0, 0.05) is 22.6 Å². The van der Waals surface area contributed by atoms with Crippen LogP contribution in [0.2, 0.25) is 10.0 Å². The summed E-state index contributed by atoms with van der Waals surface area (Å²) in [5.74, 6) is -0.325. The van der Waals surface area contributed by atoms with Gasteiger partial charge >= 0.3 is 0 Å². The fourth-order valence-electron chi connectivity index (χ4n) is 3.20. The van der Waals surface area contributed by atoms with Crippen LogP contribution >= 0.6 is 23.2 Å². The van der Waals surface area contributed by atoms with Gasteiger partial charge in [0.1, 0.15) is 6.04 Å². The summed E-state index contributed by atoms with van der Waals surface area (Å²) in [6, 6.07) is 12.6. The molecule has 2 rings (SSSR count). The topological polar surface area (TPSA) is 49.4 Å². The van der Waals surface area contributed by atoms with Crippen LogP contribution < -0.4 is 5.32 Å². The molecule has 0 saturated heterocycles. The number of carbonyl (C=O) groups excluding carboxylic acids is 2. The quantitative estimate of drug-likeness (QED) is 0.545. The molecule has 4 nitrogen and oxygen atoms in total. The van der Waals surface area contributed by atoms with E-state index in [0.29, 0.717) is 28.6 Å². The molecule has 2 atom stereocenters. The van der Waals surface area contributed by atoms with Crippen molar-refractivity contribution in [3.05, 3.63) is 69.2 Å². The summed E-state index contributed by atoms with van der Waals surface area (Å²) < 4.78 is 0. The zero-order valence-electron chi connectivity index (χ0n) is 18.0. The maximum atomic E-state index is 13.4. The molecular formula is C24H30Cl2N2O2. The first-order valence-corrected chi connectivity index (χ1v) is 11.1. The lowest BCUT2D eigenvalue weighted by molar-refractivity contribution is -0.141. The van der Waals surface area contributed by atoms with Crippen LogP contribution in [0.25, 0.3) is 0 Å². The van der Waals surface area contributed by atoms with Gasteiger partial charge in [-0.05, 0) is 49.9 Å². The van der Waals surface area contributed by atoms with E-state index < -0.39 is 6.04 Å². The van der Waals surface area contributed by atoms with Gasteiger partial charge in [-0.15, -0.1) is 0 Å². The molecule has 2 amide bonds. The zero-order valence-corrected chi connectivity index (χ0v) is 19.6. The van der Waals surface area contributed by atoms with Crippen LogP contribution in [-0.4, -0.2) is 28.8 Å². The number of nitrogens with one attached hydrogen (secondary N) is 1. The van der Waals surface area contributed by atoms with E-state index in [0.717, 1.165) is 17.5 Å². The van der Waals surface area contributed by atoms with Gasteiger partial charge in [-0.1, -0.05) is 72.9 Å². The average Bonchev–Trinajstić information content (AvgIpc) is 2.71. The lowest BCUT2D eigenvalue weighted by Crippen LogP contribution is -2.51. The standard InChI is InChI=1S/C24H30Cl2N2O2/c1-5-17(4)27-24(30)22(6-2)28(15-18-12-10-16(3)11-13-18)23(29)14-19-20(25)8-7-9-21(19)26/h7-13,17,22H,5-6,14-15H2,1-4H3,(H,27,30)/t17-,22-/m1/s1. The van der Waals surface area contributed by atoms with Crippen molar-refractivity contribution >= 4 is 35.0 Å². The Hall–Kier alpha value is -2.04. The summed E-state index contributed by atoms with van der Waals surface area (Å²) in [4.78, 5) is 28.0. The minimum atomic E-state index is -0.575. The summed E-state index contributed by atoms with van der Waals surface area (Å²) in [6.45, 7) is 8.24. The third-order valence-corrected chi connectivity index (χ3v) is 5.96. The fourth-order valence-corrected chi connectivity index (χ4v) is 3.74. The number of rotatable bonds is 9. The number of hydrogen-bond donors (Lipinski definition) is 1. The molecule has 0 fully saturated rings. The summed E-state index contributed by atoms with van der Waals surface area (Å²) in [5, 5.41) is 3.91. The Morgan fingerprint density at radius 3 is 2.13 bits per heavy atom. The van der Waals surface area contributed by atoms with E-state index in [4.69, 9.17) is 23.2 Å².